The Kier molecular flexibility index (Phi) is 11.5. The summed E-state index contributed by atoms with van der Waals surface area (Å²) in [4.78, 5) is 39.0. The maximum Gasteiger partial charge on any atom is 0.323 e. The van der Waals surface area contributed by atoms with E-state index < -0.39 is 11.9 Å². The smallest absolute Gasteiger partial charge is 0.323 e. The van der Waals surface area contributed by atoms with Gasteiger partial charge < -0.3 is 25.6 Å². The molecule has 1 heterocycles. The summed E-state index contributed by atoms with van der Waals surface area (Å²) in [5, 5.41) is 18.0. The molecule has 3 N–H and O–H groups in total. The standard InChI is InChI=1S/C33H37N5O4S/c1-3-38-30(21-25(22-34)32(40)42-4-2)43-29(31(38)39)18-19-35-26-14-10-23(11-15-26)20-24-12-16-28(17-13-24)37-33(41)36-27-8-6-5-7-9-27/h5-17,25,29-30,35H,3-4,18-21H2,1-2H3,(H2,36,37,41). The van der Waals surface area contributed by atoms with Gasteiger partial charge in [0.15, 0.2) is 0 Å². The Labute approximate surface area is 257 Å². The van der Waals surface area contributed by atoms with Crippen LogP contribution in [-0.4, -0.2) is 53.1 Å². The molecule has 1 fully saturated rings. The number of urea groups is 1. The molecule has 3 aromatic carbocycles. The monoisotopic (exact) mass is 599 g/mol. The number of rotatable bonds is 13. The van der Waals surface area contributed by atoms with E-state index in [9.17, 15) is 19.6 Å². The largest absolute Gasteiger partial charge is 0.465 e. The summed E-state index contributed by atoms with van der Waals surface area (Å²) in [5.41, 5.74) is 4.70. The third-order valence-corrected chi connectivity index (χ3v) is 8.60. The normalized spacial score (nSPS) is 16.7. The highest BCUT2D eigenvalue weighted by Gasteiger charge is 2.41. The van der Waals surface area contributed by atoms with Gasteiger partial charge >= 0.3 is 12.0 Å². The highest BCUT2D eigenvalue weighted by Crippen LogP contribution is 2.37. The number of carbonyl (C=O) groups is 3. The highest BCUT2D eigenvalue weighted by atomic mass is 32.2. The van der Waals surface area contributed by atoms with Crippen molar-refractivity contribution < 1.29 is 19.1 Å². The van der Waals surface area contributed by atoms with Gasteiger partial charge in [-0.1, -0.05) is 42.5 Å². The van der Waals surface area contributed by atoms with Crippen molar-refractivity contribution in [3.8, 4) is 6.07 Å². The topological polar surface area (TPSA) is 124 Å². The van der Waals surface area contributed by atoms with Crippen molar-refractivity contribution in [2.45, 2.75) is 43.7 Å². The number of carbonyl (C=O) groups excluding carboxylic acids is 3. The molecule has 0 saturated carbocycles. The van der Waals surface area contributed by atoms with Crippen molar-refractivity contribution in [2.24, 2.45) is 5.92 Å². The maximum atomic E-state index is 13.0. The first-order valence-corrected chi connectivity index (χ1v) is 15.4. The third kappa shape index (κ3) is 9.00. The first-order chi connectivity index (χ1) is 20.9. The first kappa shape index (κ1) is 31.4. The number of nitriles is 1. The van der Waals surface area contributed by atoms with Crippen molar-refractivity contribution in [3.63, 3.8) is 0 Å². The molecule has 0 aromatic heterocycles. The van der Waals surface area contributed by atoms with Gasteiger partial charge in [0.25, 0.3) is 0 Å². The van der Waals surface area contributed by atoms with E-state index in [1.54, 1.807) is 11.8 Å². The zero-order chi connectivity index (χ0) is 30.6. The van der Waals surface area contributed by atoms with E-state index >= 15 is 0 Å². The molecule has 0 radical (unpaired) electrons. The number of hydrogen-bond donors (Lipinski definition) is 3. The van der Waals surface area contributed by atoms with E-state index in [-0.39, 0.29) is 35.6 Å². The van der Waals surface area contributed by atoms with Crippen LogP contribution in [0.1, 0.15) is 37.8 Å². The molecule has 1 saturated heterocycles. The van der Waals surface area contributed by atoms with Crippen LogP contribution in [0.5, 0.6) is 0 Å². The second-order valence-electron chi connectivity index (χ2n) is 10.1. The Balaban J connectivity index is 1.22. The molecule has 43 heavy (non-hydrogen) atoms. The number of nitrogens with one attached hydrogen (secondary N) is 3. The van der Waals surface area contributed by atoms with E-state index in [0.717, 1.165) is 28.9 Å². The van der Waals surface area contributed by atoms with Crippen molar-refractivity contribution in [3.05, 3.63) is 90.0 Å². The third-order valence-electron chi connectivity index (χ3n) is 7.07. The second-order valence-corrected chi connectivity index (χ2v) is 11.5. The van der Waals surface area contributed by atoms with Gasteiger partial charge in [0.05, 0.1) is 23.3 Å². The molecule has 3 unspecified atom stereocenters. The van der Waals surface area contributed by atoms with Crippen molar-refractivity contribution in [1.82, 2.24) is 4.90 Å². The number of benzene rings is 3. The van der Waals surface area contributed by atoms with Crippen LogP contribution in [0.15, 0.2) is 78.9 Å². The predicted octanol–water partition coefficient (Wildman–Crippen LogP) is 6.11. The molecule has 0 aliphatic carbocycles. The molecule has 0 spiro atoms. The van der Waals surface area contributed by atoms with Crippen molar-refractivity contribution >= 4 is 46.7 Å². The molecule has 10 heteroatoms. The molecule has 9 nitrogen and oxygen atoms in total. The Hall–Kier alpha value is -4.49. The summed E-state index contributed by atoms with van der Waals surface area (Å²) in [6.07, 6.45) is 1.67. The van der Waals surface area contributed by atoms with Crippen LogP contribution in [-0.2, 0) is 20.7 Å². The van der Waals surface area contributed by atoms with Crippen LogP contribution in [0, 0.1) is 17.2 Å². The zero-order valence-corrected chi connectivity index (χ0v) is 25.2. The molecule has 224 valence electrons. The van der Waals surface area contributed by atoms with Gasteiger partial charge in [-0.05, 0) is 74.2 Å². The number of esters is 1. The number of anilines is 3. The van der Waals surface area contributed by atoms with Crippen LogP contribution < -0.4 is 16.0 Å². The summed E-state index contributed by atoms with van der Waals surface area (Å²) < 4.78 is 5.02. The van der Waals surface area contributed by atoms with Gasteiger partial charge in [0.2, 0.25) is 5.91 Å². The molecular formula is C33H37N5O4S. The van der Waals surface area contributed by atoms with Crippen LogP contribution in [0.4, 0.5) is 21.9 Å². The van der Waals surface area contributed by atoms with Crippen LogP contribution in [0.2, 0.25) is 0 Å². The fraction of sp³-hybridized carbons (Fsp3) is 0.333. The molecule has 3 aromatic rings. The van der Waals surface area contributed by atoms with E-state index in [1.807, 2.05) is 79.7 Å². The Morgan fingerprint density at radius 2 is 1.53 bits per heavy atom. The molecule has 0 bridgehead atoms. The van der Waals surface area contributed by atoms with E-state index in [0.29, 0.717) is 25.2 Å². The number of thioether (sulfide) groups is 1. The lowest BCUT2D eigenvalue weighted by atomic mass is 10.0. The summed E-state index contributed by atoms with van der Waals surface area (Å²) in [6, 6.07) is 27.0. The van der Waals surface area contributed by atoms with Crippen molar-refractivity contribution in [1.29, 1.82) is 5.26 Å². The highest BCUT2D eigenvalue weighted by molar-refractivity contribution is 8.01. The SMILES string of the molecule is CCOC(=O)C(C#N)CC1SC(CCNc2ccc(Cc3ccc(NC(=O)Nc4ccccc4)cc3)cc2)C(=O)N1CC. The average Bonchev–Trinajstić information content (AvgIpc) is 3.31. The minimum Gasteiger partial charge on any atom is -0.465 e. The summed E-state index contributed by atoms with van der Waals surface area (Å²) in [7, 11) is 0. The lowest BCUT2D eigenvalue weighted by Crippen LogP contribution is -2.36. The van der Waals surface area contributed by atoms with E-state index in [1.165, 1.54) is 11.8 Å². The van der Waals surface area contributed by atoms with Gasteiger partial charge in [0.1, 0.15) is 5.92 Å². The number of ether oxygens (including phenoxy) is 1. The van der Waals surface area contributed by atoms with Gasteiger partial charge in [-0.15, -0.1) is 11.8 Å². The van der Waals surface area contributed by atoms with Gasteiger partial charge in [-0.3, -0.25) is 9.59 Å². The summed E-state index contributed by atoms with van der Waals surface area (Å²) in [5.74, 6) is -1.36. The zero-order valence-electron chi connectivity index (χ0n) is 24.4. The van der Waals surface area contributed by atoms with Gasteiger partial charge in [-0.2, -0.15) is 5.26 Å². The summed E-state index contributed by atoms with van der Waals surface area (Å²) >= 11 is 1.52. The molecule has 3 amide bonds. The van der Waals surface area contributed by atoms with Crippen LogP contribution in [0.3, 0.4) is 0 Å². The van der Waals surface area contributed by atoms with Gasteiger partial charge in [-0.25, -0.2) is 4.79 Å². The van der Waals surface area contributed by atoms with Gasteiger partial charge in [0, 0.05) is 36.6 Å². The minimum absolute atomic E-state index is 0.0493. The predicted molar refractivity (Wildman–Crippen MR) is 171 cm³/mol. The second kappa shape index (κ2) is 15.7. The van der Waals surface area contributed by atoms with Crippen molar-refractivity contribution in [2.75, 3.05) is 35.6 Å². The molecule has 3 atom stereocenters. The van der Waals surface area contributed by atoms with E-state index in [4.69, 9.17) is 4.74 Å². The molecular weight excluding hydrogens is 562 g/mol. The minimum atomic E-state index is -0.879. The quantitative estimate of drug-likeness (QED) is 0.203. The summed E-state index contributed by atoms with van der Waals surface area (Å²) in [6.45, 7) is 5.01. The number of para-hydroxylation sites is 1. The molecule has 4 rings (SSSR count). The van der Waals surface area contributed by atoms with Crippen LogP contribution >= 0.6 is 11.8 Å². The number of amides is 3. The number of hydrogen-bond acceptors (Lipinski definition) is 7. The lowest BCUT2D eigenvalue weighted by Gasteiger charge is -2.23. The molecule has 1 aliphatic heterocycles. The first-order valence-electron chi connectivity index (χ1n) is 14.5. The lowest BCUT2D eigenvalue weighted by molar-refractivity contribution is -0.146. The van der Waals surface area contributed by atoms with E-state index in [2.05, 4.69) is 28.1 Å². The van der Waals surface area contributed by atoms with Crippen LogP contribution in [0.25, 0.3) is 0 Å². The fourth-order valence-electron chi connectivity index (χ4n) is 4.87. The Morgan fingerprint density at radius 3 is 2.12 bits per heavy atom. The maximum absolute atomic E-state index is 13.0. The fourth-order valence-corrected chi connectivity index (χ4v) is 6.46. The molecule has 1 aliphatic rings. The average molecular weight is 600 g/mol. The Bertz CT molecular complexity index is 1410. The number of nitrogens with zero attached hydrogens (tertiary/aromatic N) is 2. The Morgan fingerprint density at radius 1 is 0.930 bits per heavy atom.